The van der Waals surface area contributed by atoms with Crippen LogP contribution in [0.5, 0.6) is 0 Å². The maximum Gasteiger partial charge on any atom is 0.316 e. The van der Waals surface area contributed by atoms with E-state index in [1.165, 1.54) is 6.92 Å². The summed E-state index contributed by atoms with van der Waals surface area (Å²) in [6.45, 7) is -7.85. The van der Waals surface area contributed by atoms with E-state index < -0.39 is 80.0 Å². The van der Waals surface area contributed by atoms with Gasteiger partial charge in [-0.1, -0.05) is 30.2 Å². The predicted octanol–water partition coefficient (Wildman–Crippen LogP) is 2.21. The lowest BCUT2D eigenvalue weighted by Gasteiger charge is -2.38. The van der Waals surface area contributed by atoms with Crippen molar-refractivity contribution in [3.63, 3.8) is 0 Å². The van der Waals surface area contributed by atoms with Gasteiger partial charge in [0.05, 0.1) is 18.9 Å². The van der Waals surface area contributed by atoms with Gasteiger partial charge in [-0.05, 0) is 45.3 Å². The molecule has 0 aliphatic carbocycles. The number of hydrogen-bond donors (Lipinski definition) is 0. The van der Waals surface area contributed by atoms with E-state index in [2.05, 4.69) is 0 Å². The van der Waals surface area contributed by atoms with Crippen molar-refractivity contribution in [1.29, 1.82) is 0 Å². The van der Waals surface area contributed by atoms with Crippen LogP contribution in [0.2, 0.25) is 0 Å². The first-order chi connectivity index (χ1) is 13.4. The first kappa shape index (κ1) is 4.64. The Labute approximate surface area is 126 Å². The number of rotatable bonds is 3. The molecule has 1 aromatic carbocycles. The van der Waals surface area contributed by atoms with Crippen LogP contribution >= 0.6 is 0 Å². The molecule has 0 spiro atoms. The summed E-state index contributed by atoms with van der Waals surface area (Å²) >= 11 is 0. The lowest BCUT2D eigenvalue weighted by Crippen LogP contribution is -2.47. The fraction of sp³-hybridized carbons (Fsp3) is 0.533. The van der Waals surface area contributed by atoms with Gasteiger partial charge in [-0.2, -0.15) is 0 Å². The Morgan fingerprint density at radius 2 is 2.17 bits per heavy atom. The molecule has 0 aromatic heterocycles. The summed E-state index contributed by atoms with van der Waals surface area (Å²) in [7, 11) is 0. The molecule has 98 valence electrons. The Kier molecular flexibility index (Phi) is 1.42. The molecule has 1 aliphatic heterocycles. The third-order valence-electron chi connectivity index (χ3n) is 2.72. The van der Waals surface area contributed by atoms with Crippen molar-refractivity contribution in [3.05, 3.63) is 35.8 Å². The van der Waals surface area contributed by atoms with E-state index in [-0.39, 0.29) is 11.5 Å². The summed E-state index contributed by atoms with van der Waals surface area (Å²) in [6, 6.07) is -3.91. The molecule has 18 heavy (non-hydrogen) atoms. The van der Waals surface area contributed by atoms with Crippen LogP contribution in [0.4, 0.5) is 0 Å². The molecule has 2 rings (SSSR count). The van der Waals surface area contributed by atoms with Crippen LogP contribution in [0.25, 0.3) is 0 Å². The number of benzene rings is 1. The van der Waals surface area contributed by atoms with Crippen LogP contribution in [-0.2, 0) is 14.9 Å². The van der Waals surface area contributed by atoms with E-state index in [1.54, 1.807) is 0 Å². The van der Waals surface area contributed by atoms with Gasteiger partial charge in [0.1, 0.15) is 0 Å². The van der Waals surface area contributed by atoms with Crippen molar-refractivity contribution >= 4 is 5.97 Å². The van der Waals surface area contributed by atoms with E-state index in [9.17, 15) is 4.79 Å². The molecule has 0 atom stereocenters. The van der Waals surface area contributed by atoms with Crippen molar-refractivity contribution in [1.82, 2.24) is 4.90 Å². The Bertz CT molecular complexity index is 819. The molecule has 1 heterocycles. The summed E-state index contributed by atoms with van der Waals surface area (Å²) in [4.78, 5) is 13.0. The standard InChI is InChI=1S/C15H21NO2/c1-3-18-14(17)15(9-11-16(2)12-10-15)13-7-5-4-6-8-13/h4-8H,3,9-12H2,1-2H3/i2D3,4D,5D,6D,7D,8D,11D2,12D2. The Hall–Kier alpha value is -1.35. The zero-order valence-corrected chi connectivity index (χ0v) is 9.89. The van der Waals surface area contributed by atoms with Gasteiger partial charge in [0.25, 0.3) is 0 Å². The quantitative estimate of drug-likeness (QED) is 0.780. The van der Waals surface area contributed by atoms with Gasteiger partial charge in [0.15, 0.2) is 0 Å². The number of hydrogen-bond acceptors (Lipinski definition) is 3. The normalized spacial score (nSPS) is 35.4. The Morgan fingerprint density at radius 3 is 2.72 bits per heavy atom. The van der Waals surface area contributed by atoms with E-state index >= 15 is 0 Å². The second-order valence-corrected chi connectivity index (χ2v) is 3.81. The minimum absolute atomic E-state index is 0.0276. The van der Waals surface area contributed by atoms with E-state index in [4.69, 9.17) is 21.2 Å². The van der Waals surface area contributed by atoms with Crippen LogP contribution in [0.1, 0.15) is 41.8 Å². The molecular weight excluding hydrogens is 226 g/mol. The smallest absolute Gasteiger partial charge is 0.316 e. The number of esters is 1. The third-order valence-corrected chi connectivity index (χ3v) is 2.72. The van der Waals surface area contributed by atoms with Gasteiger partial charge in [0.2, 0.25) is 0 Å². The number of carbonyl (C=O) groups excluding carboxylic acids is 1. The van der Waals surface area contributed by atoms with Gasteiger partial charge in [-0.3, -0.25) is 4.79 Å². The summed E-state index contributed by atoms with van der Waals surface area (Å²) < 4.78 is 101. The van der Waals surface area contributed by atoms with Crippen molar-refractivity contribution in [2.24, 2.45) is 0 Å². The summed E-state index contributed by atoms with van der Waals surface area (Å²) in [5, 5.41) is 0. The van der Waals surface area contributed by atoms with Gasteiger partial charge in [-0.25, -0.2) is 0 Å². The topological polar surface area (TPSA) is 29.5 Å². The van der Waals surface area contributed by atoms with E-state index in [1.807, 2.05) is 0 Å². The molecule has 1 aliphatic rings. The summed E-state index contributed by atoms with van der Waals surface area (Å²) in [5.74, 6) is -1.19. The van der Waals surface area contributed by atoms with Crippen LogP contribution in [0.3, 0.4) is 0 Å². The van der Waals surface area contributed by atoms with Crippen molar-refractivity contribution in [3.8, 4) is 0 Å². The average molecular weight is 259 g/mol. The molecule has 0 amide bonds. The monoisotopic (exact) mass is 259 g/mol. The second kappa shape index (κ2) is 5.53. The number of ether oxygens (including phenoxy) is 1. The molecule has 3 nitrogen and oxygen atoms in total. The minimum Gasteiger partial charge on any atom is -0.465 e. The molecule has 3 heteroatoms. The highest BCUT2D eigenvalue weighted by Gasteiger charge is 2.43. The maximum atomic E-state index is 13.0. The fourth-order valence-corrected chi connectivity index (χ4v) is 1.73. The number of nitrogens with zero attached hydrogens (tertiary/aromatic N) is 1. The maximum absolute atomic E-state index is 13.0. The van der Waals surface area contributed by atoms with Gasteiger partial charge < -0.3 is 9.64 Å². The number of piperidine rings is 1. The molecule has 0 N–H and O–H groups in total. The highest BCUT2D eigenvalue weighted by molar-refractivity contribution is 5.83. The number of likely N-dealkylation sites (tertiary alicyclic amines) is 1. The largest absolute Gasteiger partial charge is 0.465 e. The van der Waals surface area contributed by atoms with E-state index in [0.29, 0.717) is 0 Å². The van der Waals surface area contributed by atoms with Gasteiger partial charge >= 0.3 is 5.97 Å². The zero-order valence-electron chi connectivity index (χ0n) is 21.9. The number of carbonyl (C=O) groups is 1. The predicted molar refractivity (Wildman–Crippen MR) is 71.5 cm³/mol. The van der Waals surface area contributed by atoms with Crippen LogP contribution in [-0.4, -0.2) is 37.4 Å². The summed E-state index contributed by atoms with van der Waals surface area (Å²) in [6.07, 6.45) is -1.96. The first-order valence-corrected chi connectivity index (χ1v) is 5.49. The van der Waals surface area contributed by atoms with Crippen LogP contribution in [0.15, 0.2) is 30.2 Å². The molecule has 0 saturated carbocycles. The van der Waals surface area contributed by atoms with Crippen LogP contribution < -0.4 is 0 Å². The summed E-state index contributed by atoms with van der Waals surface area (Å²) in [5.41, 5.74) is -2.97. The lowest BCUT2D eigenvalue weighted by molar-refractivity contribution is -0.152. The van der Waals surface area contributed by atoms with Gasteiger partial charge in [0, 0.05) is 9.60 Å². The Morgan fingerprint density at radius 1 is 1.50 bits per heavy atom. The van der Waals surface area contributed by atoms with Crippen molar-refractivity contribution in [2.75, 3.05) is 26.6 Å². The highest BCUT2D eigenvalue weighted by Crippen LogP contribution is 2.36. The Balaban J connectivity index is 2.91. The lowest BCUT2D eigenvalue weighted by atomic mass is 9.73. The van der Waals surface area contributed by atoms with Gasteiger partial charge in [-0.15, -0.1) is 0 Å². The molecule has 0 bridgehead atoms. The average Bonchev–Trinajstić information content (AvgIpc) is 2.54. The zero-order chi connectivity index (χ0) is 23.4. The van der Waals surface area contributed by atoms with E-state index in [0.717, 1.165) is 0 Å². The molecular formula is C15H21NO2. The van der Waals surface area contributed by atoms with Crippen molar-refractivity contribution in [2.45, 2.75) is 25.2 Å². The first-order valence-electron chi connectivity index (χ1n) is 11.5. The fourth-order valence-electron chi connectivity index (χ4n) is 1.73. The van der Waals surface area contributed by atoms with Crippen LogP contribution in [0, 0.1) is 0 Å². The van der Waals surface area contributed by atoms with Crippen molar-refractivity contribution < 1.29 is 26.0 Å². The molecule has 0 radical (unpaired) electrons. The molecule has 1 saturated heterocycles. The molecule has 1 fully saturated rings. The SMILES string of the molecule is [2H]c1c([2H])c([2H])c(C2(C(=O)OCC)CC([2H])([2H])N(C([2H])([2H])[2H])C([2H])([2H])C2)c([2H])c1[2H]. The molecule has 1 aromatic rings. The highest BCUT2D eigenvalue weighted by atomic mass is 16.5. The second-order valence-electron chi connectivity index (χ2n) is 3.81. The minimum atomic E-state index is -3.20. The third kappa shape index (κ3) is 2.41. The molecule has 0 unspecified atom stereocenters.